The van der Waals surface area contributed by atoms with E-state index < -0.39 is 0 Å². The highest BCUT2D eigenvalue weighted by Gasteiger charge is 2.19. The molecule has 0 amide bonds. The van der Waals surface area contributed by atoms with Gasteiger partial charge in [0, 0.05) is 0 Å². The van der Waals surface area contributed by atoms with Crippen LogP contribution in [0.15, 0.2) is 0 Å². The second-order valence-corrected chi connectivity index (χ2v) is 9.73. The van der Waals surface area contributed by atoms with E-state index in [1.54, 1.807) is 0 Å². The Hall–Kier alpha value is -0.0400. The number of rotatable bonds is 24. The van der Waals surface area contributed by atoms with E-state index in [0.29, 0.717) is 0 Å². The molecule has 0 saturated carbocycles. The largest absolute Gasteiger partial charge is 0.324 e. The average molecular weight is 411 g/mol. The van der Waals surface area contributed by atoms with Crippen molar-refractivity contribution in [3.05, 3.63) is 0 Å². The van der Waals surface area contributed by atoms with Crippen LogP contribution < -0.4 is 0 Å². The Morgan fingerprint density at radius 3 is 0.793 bits per heavy atom. The number of quaternary nitrogens is 1. The molecule has 0 aromatic heterocycles. The van der Waals surface area contributed by atoms with Gasteiger partial charge in [0.1, 0.15) is 0 Å². The quantitative estimate of drug-likeness (QED) is 0.110. The van der Waals surface area contributed by atoms with Gasteiger partial charge in [0.2, 0.25) is 0 Å². The van der Waals surface area contributed by atoms with Crippen molar-refractivity contribution >= 4 is 0 Å². The highest BCUT2D eigenvalue weighted by molar-refractivity contribution is 4.51. The van der Waals surface area contributed by atoms with Crippen molar-refractivity contribution in [1.29, 1.82) is 0 Å². The van der Waals surface area contributed by atoms with Gasteiger partial charge in [0.15, 0.2) is 0 Å². The van der Waals surface area contributed by atoms with Crippen molar-refractivity contribution in [2.24, 2.45) is 0 Å². The van der Waals surface area contributed by atoms with Gasteiger partial charge >= 0.3 is 0 Å². The molecular weight excluding hydrogens is 350 g/mol. The Bertz CT molecular complexity index is 286. The SMILES string of the molecule is CCCCCCCCCCCCCCCCCCCCCC[N+](CC)(CC)CC. The zero-order valence-corrected chi connectivity index (χ0v) is 21.4. The summed E-state index contributed by atoms with van der Waals surface area (Å²) in [6.07, 6.45) is 29.4. The molecule has 0 heterocycles. The third-order valence-electron chi connectivity index (χ3n) is 7.50. The van der Waals surface area contributed by atoms with E-state index in [9.17, 15) is 0 Å². The summed E-state index contributed by atoms with van der Waals surface area (Å²) in [5, 5.41) is 0. The van der Waals surface area contributed by atoms with Crippen LogP contribution in [0.4, 0.5) is 0 Å². The fourth-order valence-corrected chi connectivity index (χ4v) is 4.85. The summed E-state index contributed by atoms with van der Waals surface area (Å²) in [6.45, 7) is 14.7. The molecular formula is C28H60N+. The van der Waals surface area contributed by atoms with Crippen LogP contribution >= 0.6 is 0 Å². The fourth-order valence-electron chi connectivity index (χ4n) is 4.85. The summed E-state index contributed by atoms with van der Waals surface area (Å²) in [6, 6.07) is 0. The van der Waals surface area contributed by atoms with Gasteiger partial charge in [-0.25, -0.2) is 0 Å². The number of hydrogen-bond acceptors (Lipinski definition) is 0. The van der Waals surface area contributed by atoms with Gasteiger partial charge in [0.05, 0.1) is 26.2 Å². The number of nitrogens with zero attached hydrogens (tertiary/aromatic N) is 1. The lowest BCUT2D eigenvalue weighted by Crippen LogP contribution is -2.48. The molecule has 0 rings (SSSR count). The lowest BCUT2D eigenvalue weighted by atomic mass is 10.0. The Labute approximate surface area is 187 Å². The summed E-state index contributed by atoms with van der Waals surface area (Å²) < 4.78 is 1.33. The second kappa shape index (κ2) is 22.6. The normalized spacial score (nSPS) is 12.0. The molecule has 0 saturated heterocycles. The maximum absolute atomic E-state index is 2.36. The van der Waals surface area contributed by atoms with Gasteiger partial charge in [-0.2, -0.15) is 0 Å². The summed E-state index contributed by atoms with van der Waals surface area (Å²) in [4.78, 5) is 0. The van der Waals surface area contributed by atoms with Crippen LogP contribution in [0.25, 0.3) is 0 Å². The molecule has 1 heteroatoms. The van der Waals surface area contributed by atoms with E-state index in [-0.39, 0.29) is 0 Å². The summed E-state index contributed by atoms with van der Waals surface area (Å²) in [5.74, 6) is 0. The minimum Gasteiger partial charge on any atom is -0.324 e. The topological polar surface area (TPSA) is 0 Å². The van der Waals surface area contributed by atoms with Crippen LogP contribution in [0.2, 0.25) is 0 Å². The van der Waals surface area contributed by atoms with E-state index in [0.717, 1.165) is 0 Å². The van der Waals surface area contributed by atoms with E-state index in [2.05, 4.69) is 27.7 Å². The molecule has 1 nitrogen and oxygen atoms in total. The Morgan fingerprint density at radius 1 is 0.310 bits per heavy atom. The summed E-state index contributed by atoms with van der Waals surface area (Å²) >= 11 is 0. The molecule has 0 fully saturated rings. The third kappa shape index (κ3) is 18.4. The number of unbranched alkanes of at least 4 members (excludes halogenated alkanes) is 19. The zero-order valence-electron chi connectivity index (χ0n) is 21.4. The van der Waals surface area contributed by atoms with Crippen molar-refractivity contribution < 1.29 is 4.48 Å². The molecule has 0 spiro atoms. The van der Waals surface area contributed by atoms with Crippen LogP contribution in [-0.2, 0) is 0 Å². The monoisotopic (exact) mass is 410 g/mol. The first-order valence-corrected chi connectivity index (χ1v) is 14.1. The second-order valence-electron chi connectivity index (χ2n) is 9.73. The lowest BCUT2D eigenvalue weighted by molar-refractivity contribution is -0.923. The molecule has 0 unspecified atom stereocenters. The molecule has 176 valence electrons. The average Bonchev–Trinajstić information content (AvgIpc) is 2.75. The van der Waals surface area contributed by atoms with Crippen molar-refractivity contribution in [3.8, 4) is 0 Å². The highest BCUT2D eigenvalue weighted by atomic mass is 15.3. The van der Waals surface area contributed by atoms with Crippen LogP contribution in [0, 0.1) is 0 Å². The predicted molar refractivity (Wildman–Crippen MR) is 135 cm³/mol. The first-order chi connectivity index (χ1) is 14.2. The van der Waals surface area contributed by atoms with Crippen LogP contribution in [0.1, 0.15) is 156 Å². The molecule has 0 aliphatic heterocycles. The molecule has 0 radical (unpaired) electrons. The highest BCUT2D eigenvalue weighted by Crippen LogP contribution is 2.15. The molecule has 0 aliphatic carbocycles. The van der Waals surface area contributed by atoms with Gasteiger partial charge in [-0.1, -0.05) is 122 Å². The molecule has 0 aromatic carbocycles. The van der Waals surface area contributed by atoms with E-state index in [4.69, 9.17) is 0 Å². The van der Waals surface area contributed by atoms with E-state index >= 15 is 0 Å². The van der Waals surface area contributed by atoms with Crippen molar-refractivity contribution in [2.75, 3.05) is 26.2 Å². The van der Waals surface area contributed by atoms with Crippen LogP contribution in [-0.4, -0.2) is 30.7 Å². The van der Waals surface area contributed by atoms with Gasteiger partial charge in [-0.15, -0.1) is 0 Å². The van der Waals surface area contributed by atoms with Gasteiger partial charge in [-0.3, -0.25) is 0 Å². The molecule has 29 heavy (non-hydrogen) atoms. The Balaban J connectivity index is 3.17. The molecule has 0 bridgehead atoms. The van der Waals surface area contributed by atoms with Gasteiger partial charge in [0.25, 0.3) is 0 Å². The third-order valence-corrected chi connectivity index (χ3v) is 7.50. The summed E-state index contributed by atoms with van der Waals surface area (Å²) in [5.41, 5.74) is 0. The summed E-state index contributed by atoms with van der Waals surface area (Å²) in [7, 11) is 0. The van der Waals surface area contributed by atoms with E-state index in [1.165, 1.54) is 159 Å². The van der Waals surface area contributed by atoms with Crippen LogP contribution in [0.3, 0.4) is 0 Å². The lowest BCUT2D eigenvalue weighted by Gasteiger charge is -2.35. The fraction of sp³-hybridized carbons (Fsp3) is 1.00. The number of hydrogen-bond donors (Lipinski definition) is 0. The van der Waals surface area contributed by atoms with Crippen molar-refractivity contribution in [3.63, 3.8) is 0 Å². The maximum atomic E-state index is 2.36. The van der Waals surface area contributed by atoms with E-state index in [1.807, 2.05) is 0 Å². The first-order valence-electron chi connectivity index (χ1n) is 14.1. The predicted octanol–water partition coefficient (Wildman–Crippen LogP) is 9.68. The van der Waals surface area contributed by atoms with Crippen molar-refractivity contribution in [2.45, 2.75) is 156 Å². The molecule has 0 atom stereocenters. The van der Waals surface area contributed by atoms with Crippen molar-refractivity contribution in [1.82, 2.24) is 0 Å². The molecule has 0 aromatic rings. The Morgan fingerprint density at radius 2 is 0.552 bits per heavy atom. The maximum Gasteiger partial charge on any atom is 0.0786 e. The van der Waals surface area contributed by atoms with Gasteiger partial charge < -0.3 is 4.48 Å². The van der Waals surface area contributed by atoms with Crippen LogP contribution in [0.5, 0.6) is 0 Å². The minimum atomic E-state index is 1.31. The first kappa shape index (κ1) is 29.0. The smallest absolute Gasteiger partial charge is 0.0786 e. The zero-order chi connectivity index (χ0) is 21.5. The molecule has 0 aliphatic rings. The Kier molecular flexibility index (Phi) is 22.6. The standard InChI is InChI=1S/C28H60N/c1-5-9-10-11-12-13-14-15-16-17-18-19-20-21-22-23-24-25-26-27-28-29(6-2,7-3)8-4/h5-28H2,1-4H3/q+1. The van der Waals surface area contributed by atoms with Gasteiger partial charge in [-0.05, 0) is 33.6 Å². The minimum absolute atomic E-state index is 1.31. The molecule has 0 N–H and O–H groups in total.